The summed E-state index contributed by atoms with van der Waals surface area (Å²) < 4.78 is 10.5. The van der Waals surface area contributed by atoms with Crippen LogP contribution >= 0.6 is 0 Å². The van der Waals surface area contributed by atoms with Gasteiger partial charge in [-0.25, -0.2) is 4.98 Å². The van der Waals surface area contributed by atoms with E-state index < -0.39 is 0 Å². The summed E-state index contributed by atoms with van der Waals surface area (Å²) in [4.78, 5) is 6.42. The molecule has 0 aliphatic heterocycles. The number of fused-ring (bicyclic) bond motifs is 1. The Morgan fingerprint density at radius 1 is 1.21 bits per heavy atom. The van der Waals surface area contributed by atoms with Crippen LogP contribution in [0.25, 0.3) is 11.0 Å². The number of hydrogen-bond acceptors (Lipinski definition) is 5. The summed E-state index contributed by atoms with van der Waals surface area (Å²) in [6.07, 6.45) is 1.69. The van der Waals surface area contributed by atoms with Crippen LogP contribution in [0, 0.1) is 6.92 Å². The summed E-state index contributed by atoms with van der Waals surface area (Å²) in [5, 5.41) is 5.18. The van der Waals surface area contributed by atoms with E-state index in [1.165, 1.54) is 0 Å². The van der Waals surface area contributed by atoms with Gasteiger partial charge in [-0.1, -0.05) is 17.3 Å². The molecule has 0 saturated heterocycles. The molecular weight excluding hydrogens is 242 g/mol. The molecule has 3 rings (SSSR count). The average Bonchev–Trinajstić information content (AvgIpc) is 2.97. The second-order valence-corrected chi connectivity index (χ2v) is 4.66. The van der Waals surface area contributed by atoms with E-state index in [9.17, 15) is 0 Å². The summed E-state index contributed by atoms with van der Waals surface area (Å²) in [6, 6.07) is 7.88. The first-order valence-electron chi connectivity index (χ1n) is 6.15. The minimum Gasteiger partial charge on any atom is -0.449 e. The quantitative estimate of drug-likeness (QED) is 0.719. The van der Waals surface area contributed by atoms with Gasteiger partial charge in [-0.05, 0) is 19.2 Å². The summed E-state index contributed by atoms with van der Waals surface area (Å²) in [5.74, 6) is 0.690. The van der Waals surface area contributed by atoms with Crippen molar-refractivity contribution in [2.24, 2.45) is 0 Å². The van der Waals surface area contributed by atoms with E-state index in [1.807, 2.05) is 38.2 Å². The number of oxazole rings is 1. The summed E-state index contributed by atoms with van der Waals surface area (Å²) in [7, 11) is 2.02. The highest BCUT2D eigenvalue weighted by Gasteiger charge is 2.11. The molecule has 0 amide bonds. The molecule has 5 nitrogen and oxygen atoms in total. The minimum absolute atomic E-state index is 0.690. The normalized spacial score (nSPS) is 11.5. The molecule has 0 saturated carbocycles. The van der Waals surface area contributed by atoms with E-state index in [-0.39, 0.29) is 0 Å². The molecule has 0 bridgehead atoms. The molecule has 19 heavy (non-hydrogen) atoms. The molecule has 2 aromatic heterocycles. The zero-order chi connectivity index (χ0) is 13.2. The number of hydrogen-bond donors (Lipinski definition) is 0. The predicted molar refractivity (Wildman–Crippen MR) is 70.4 cm³/mol. The van der Waals surface area contributed by atoms with Crippen LogP contribution < -0.4 is 0 Å². The third-order valence-electron chi connectivity index (χ3n) is 2.97. The molecule has 0 N–H and O–H groups in total. The lowest BCUT2D eigenvalue weighted by Gasteiger charge is -2.12. The number of aromatic nitrogens is 2. The topological polar surface area (TPSA) is 55.3 Å². The van der Waals surface area contributed by atoms with Crippen molar-refractivity contribution in [3.8, 4) is 0 Å². The Hall–Kier alpha value is -2.14. The minimum atomic E-state index is 0.690. The van der Waals surface area contributed by atoms with Crippen molar-refractivity contribution >= 4 is 11.0 Å². The molecule has 2 heterocycles. The SMILES string of the molecule is Cc1nc(CN(C)Cc2noc3ccccc23)co1. The van der Waals surface area contributed by atoms with Crippen LogP contribution in [0.5, 0.6) is 0 Å². The third kappa shape index (κ3) is 2.51. The summed E-state index contributed by atoms with van der Waals surface area (Å²) in [5.41, 5.74) is 2.69. The summed E-state index contributed by atoms with van der Waals surface area (Å²) >= 11 is 0. The highest BCUT2D eigenvalue weighted by molar-refractivity contribution is 5.79. The molecule has 0 radical (unpaired) electrons. The van der Waals surface area contributed by atoms with E-state index >= 15 is 0 Å². The molecule has 98 valence electrons. The molecule has 0 aliphatic rings. The zero-order valence-electron chi connectivity index (χ0n) is 11.0. The van der Waals surface area contributed by atoms with Gasteiger partial charge in [0.2, 0.25) is 0 Å². The lowest BCUT2D eigenvalue weighted by atomic mass is 10.2. The van der Waals surface area contributed by atoms with Crippen molar-refractivity contribution in [3.05, 3.63) is 47.8 Å². The van der Waals surface area contributed by atoms with E-state index in [0.717, 1.165) is 28.9 Å². The Balaban J connectivity index is 1.74. The molecule has 0 unspecified atom stereocenters. The number of aryl methyl sites for hydroxylation is 1. The molecule has 1 aromatic carbocycles. The molecular formula is C14H15N3O2. The first-order valence-corrected chi connectivity index (χ1v) is 6.15. The highest BCUT2D eigenvalue weighted by atomic mass is 16.5. The molecule has 0 atom stereocenters. The maximum atomic E-state index is 5.29. The number of rotatable bonds is 4. The van der Waals surface area contributed by atoms with Crippen LogP contribution in [-0.2, 0) is 13.1 Å². The van der Waals surface area contributed by atoms with Crippen LogP contribution in [0.2, 0.25) is 0 Å². The van der Waals surface area contributed by atoms with Gasteiger partial charge in [0, 0.05) is 25.4 Å². The van der Waals surface area contributed by atoms with Crippen LogP contribution in [0.1, 0.15) is 17.3 Å². The second-order valence-electron chi connectivity index (χ2n) is 4.66. The van der Waals surface area contributed by atoms with Gasteiger partial charge in [-0.2, -0.15) is 0 Å². The van der Waals surface area contributed by atoms with Gasteiger partial charge in [0.05, 0.1) is 5.69 Å². The smallest absolute Gasteiger partial charge is 0.191 e. The van der Waals surface area contributed by atoms with Crippen molar-refractivity contribution in [2.45, 2.75) is 20.0 Å². The highest BCUT2D eigenvalue weighted by Crippen LogP contribution is 2.19. The zero-order valence-corrected chi connectivity index (χ0v) is 11.0. The third-order valence-corrected chi connectivity index (χ3v) is 2.97. The number of benzene rings is 1. The fourth-order valence-electron chi connectivity index (χ4n) is 2.12. The van der Waals surface area contributed by atoms with Crippen LogP contribution in [0.4, 0.5) is 0 Å². The maximum absolute atomic E-state index is 5.29. The van der Waals surface area contributed by atoms with Gasteiger partial charge >= 0.3 is 0 Å². The van der Waals surface area contributed by atoms with Crippen molar-refractivity contribution in [2.75, 3.05) is 7.05 Å². The van der Waals surface area contributed by atoms with Gasteiger partial charge in [-0.15, -0.1) is 0 Å². The van der Waals surface area contributed by atoms with E-state index in [1.54, 1.807) is 6.26 Å². The van der Waals surface area contributed by atoms with Crippen molar-refractivity contribution in [1.82, 2.24) is 15.0 Å². The van der Waals surface area contributed by atoms with Gasteiger partial charge in [0.25, 0.3) is 0 Å². The number of para-hydroxylation sites is 1. The van der Waals surface area contributed by atoms with Gasteiger partial charge in [0.15, 0.2) is 11.5 Å². The van der Waals surface area contributed by atoms with Gasteiger partial charge < -0.3 is 8.94 Å². The maximum Gasteiger partial charge on any atom is 0.191 e. The fourth-order valence-corrected chi connectivity index (χ4v) is 2.12. The average molecular weight is 257 g/mol. The van der Waals surface area contributed by atoms with Crippen molar-refractivity contribution in [1.29, 1.82) is 0 Å². The standard InChI is InChI=1S/C14H15N3O2/c1-10-15-11(9-18-10)7-17(2)8-13-12-5-3-4-6-14(12)19-16-13/h3-6,9H,7-8H2,1-2H3. The van der Waals surface area contributed by atoms with Crippen molar-refractivity contribution in [3.63, 3.8) is 0 Å². The Bertz CT molecular complexity index is 687. The second kappa shape index (κ2) is 4.85. The monoisotopic (exact) mass is 257 g/mol. The Labute approximate surface area is 110 Å². The predicted octanol–water partition coefficient (Wildman–Crippen LogP) is 2.76. The first kappa shape index (κ1) is 11.9. The van der Waals surface area contributed by atoms with Crippen LogP contribution in [0.15, 0.2) is 39.5 Å². The first-order chi connectivity index (χ1) is 9.22. The molecule has 0 fully saturated rings. The summed E-state index contributed by atoms with van der Waals surface area (Å²) in [6.45, 7) is 3.27. The molecule has 5 heteroatoms. The van der Waals surface area contributed by atoms with E-state index in [4.69, 9.17) is 8.94 Å². The molecule has 0 spiro atoms. The van der Waals surface area contributed by atoms with Crippen molar-refractivity contribution < 1.29 is 8.94 Å². The molecule has 3 aromatic rings. The van der Waals surface area contributed by atoms with Gasteiger partial charge in [-0.3, -0.25) is 4.90 Å². The van der Waals surface area contributed by atoms with Crippen LogP contribution in [-0.4, -0.2) is 22.1 Å². The Kier molecular flexibility index (Phi) is 3.05. The lowest BCUT2D eigenvalue weighted by Crippen LogP contribution is -2.17. The van der Waals surface area contributed by atoms with Gasteiger partial charge in [0.1, 0.15) is 12.0 Å². The fraction of sp³-hybridized carbons (Fsp3) is 0.286. The number of nitrogens with zero attached hydrogens (tertiary/aromatic N) is 3. The van der Waals surface area contributed by atoms with E-state index in [2.05, 4.69) is 15.0 Å². The Morgan fingerprint density at radius 2 is 2.05 bits per heavy atom. The molecule has 0 aliphatic carbocycles. The van der Waals surface area contributed by atoms with Crippen LogP contribution in [0.3, 0.4) is 0 Å². The lowest BCUT2D eigenvalue weighted by molar-refractivity contribution is 0.302. The Morgan fingerprint density at radius 3 is 2.84 bits per heavy atom. The van der Waals surface area contributed by atoms with E-state index in [0.29, 0.717) is 12.4 Å². The largest absolute Gasteiger partial charge is 0.449 e.